The minimum Gasteiger partial charge on any atom is -0.497 e. The van der Waals surface area contributed by atoms with Gasteiger partial charge >= 0.3 is 0 Å². The molecule has 9 nitrogen and oxygen atoms in total. The summed E-state index contributed by atoms with van der Waals surface area (Å²) in [6.07, 6.45) is 2.38. The molecule has 2 heterocycles. The van der Waals surface area contributed by atoms with Crippen LogP contribution in [0.25, 0.3) is 0 Å². The zero-order chi connectivity index (χ0) is 25.6. The van der Waals surface area contributed by atoms with Crippen LogP contribution in [0.2, 0.25) is 10.0 Å². The van der Waals surface area contributed by atoms with Gasteiger partial charge in [-0.3, -0.25) is 9.69 Å². The van der Waals surface area contributed by atoms with E-state index in [9.17, 15) is 13.2 Å². The van der Waals surface area contributed by atoms with Crippen LogP contribution in [0.15, 0.2) is 17.0 Å². The fourth-order valence-electron chi connectivity index (χ4n) is 4.56. The van der Waals surface area contributed by atoms with Crippen LogP contribution in [0.5, 0.6) is 5.75 Å². The van der Waals surface area contributed by atoms with Crippen LogP contribution in [-0.4, -0.2) is 119 Å². The number of hydrogen-bond acceptors (Lipinski definition) is 7. The maximum Gasteiger partial charge on any atom is 0.248 e. The van der Waals surface area contributed by atoms with Crippen LogP contribution in [0, 0.1) is 0 Å². The van der Waals surface area contributed by atoms with Crippen molar-refractivity contribution < 1.29 is 22.7 Å². The highest BCUT2D eigenvalue weighted by Crippen LogP contribution is 2.35. The second-order valence-corrected chi connectivity index (χ2v) is 11.7. The zero-order valence-corrected chi connectivity index (χ0v) is 23.0. The number of amides is 1. The van der Waals surface area contributed by atoms with Crippen molar-refractivity contribution in [3.63, 3.8) is 0 Å². The second-order valence-electron chi connectivity index (χ2n) is 8.88. The Morgan fingerprint density at radius 2 is 1.69 bits per heavy atom. The Hall–Kier alpha value is -1.14. The van der Waals surface area contributed by atoms with Gasteiger partial charge in [0.05, 0.1) is 23.8 Å². The lowest BCUT2D eigenvalue weighted by Crippen LogP contribution is -2.54. The number of halogens is 2. The molecule has 35 heavy (non-hydrogen) atoms. The van der Waals surface area contributed by atoms with Crippen LogP contribution in [0.3, 0.4) is 0 Å². The molecule has 198 valence electrons. The largest absolute Gasteiger partial charge is 0.497 e. The van der Waals surface area contributed by atoms with Crippen molar-refractivity contribution in [1.29, 1.82) is 0 Å². The summed E-state index contributed by atoms with van der Waals surface area (Å²) in [6.45, 7) is 8.81. The summed E-state index contributed by atoms with van der Waals surface area (Å²) in [4.78, 5) is 19.2. The van der Waals surface area contributed by atoms with E-state index in [1.54, 1.807) is 0 Å². The molecule has 12 heteroatoms. The molecule has 2 saturated heterocycles. The topological polar surface area (TPSA) is 82.6 Å². The molecule has 0 unspecified atom stereocenters. The number of benzene rings is 1. The number of rotatable bonds is 10. The predicted octanol–water partition coefficient (Wildman–Crippen LogP) is 2.27. The number of ether oxygens (including phenoxy) is 2. The highest BCUT2D eigenvalue weighted by molar-refractivity contribution is 7.89. The molecular weight excluding hydrogens is 515 g/mol. The summed E-state index contributed by atoms with van der Waals surface area (Å²) < 4.78 is 37.5. The summed E-state index contributed by atoms with van der Waals surface area (Å²) in [5, 5.41) is -0.0419. The minimum atomic E-state index is -3.94. The third-order valence-electron chi connectivity index (χ3n) is 6.84. The van der Waals surface area contributed by atoms with E-state index in [0.717, 1.165) is 37.0 Å². The molecular formula is C23H36Cl2N4O5S. The molecule has 0 saturated carbocycles. The van der Waals surface area contributed by atoms with Crippen LogP contribution in [-0.2, 0) is 19.6 Å². The van der Waals surface area contributed by atoms with Gasteiger partial charge in [0, 0.05) is 57.9 Å². The molecule has 0 spiro atoms. The van der Waals surface area contributed by atoms with Crippen LogP contribution >= 0.6 is 23.2 Å². The lowest BCUT2D eigenvalue weighted by molar-refractivity contribution is -0.138. The van der Waals surface area contributed by atoms with Gasteiger partial charge in [-0.25, -0.2) is 8.42 Å². The summed E-state index contributed by atoms with van der Waals surface area (Å²) >= 11 is 12.3. The van der Waals surface area contributed by atoms with E-state index in [4.69, 9.17) is 32.7 Å². The molecule has 0 aromatic heterocycles. The number of carbonyl (C=O) groups is 1. The van der Waals surface area contributed by atoms with Gasteiger partial charge in [-0.1, -0.05) is 30.1 Å². The van der Waals surface area contributed by atoms with E-state index >= 15 is 0 Å². The van der Waals surface area contributed by atoms with Crippen LogP contribution in [0.1, 0.15) is 19.8 Å². The van der Waals surface area contributed by atoms with Gasteiger partial charge in [0.1, 0.15) is 17.3 Å². The molecule has 1 amide bonds. The van der Waals surface area contributed by atoms with E-state index in [-0.39, 0.29) is 40.6 Å². The van der Waals surface area contributed by atoms with Gasteiger partial charge in [-0.2, -0.15) is 4.31 Å². The smallest absolute Gasteiger partial charge is 0.248 e. The Bertz CT molecular complexity index is 942. The quantitative estimate of drug-likeness (QED) is 0.413. The Labute approximate surface area is 218 Å². The number of sulfonamides is 1. The van der Waals surface area contributed by atoms with Gasteiger partial charge in [-0.15, -0.1) is 0 Å². The van der Waals surface area contributed by atoms with Crippen molar-refractivity contribution >= 4 is 39.1 Å². The lowest BCUT2D eigenvalue weighted by atomic mass is 10.0. The third-order valence-corrected chi connectivity index (χ3v) is 9.62. The van der Waals surface area contributed by atoms with E-state index in [0.29, 0.717) is 24.9 Å². The molecule has 1 aromatic carbocycles. The second kappa shape index (κ2) is 12.9. The van der Waals surface area contributed by atoms with Gasteiger partial charge in [0.2, 0.25) is 15.9 Å². The van der Waals surface area contributed by atoms with Crippen molar-refractivity contribution in [1.82, 2.24) is 19.0 Å². The highest BCUT2D eigenvalue weighted by atomic mass is 35.5. The van der Waals surface area contributed by atoms with Crippen LogP contribution in [0.4, 0.5) is 0 Å². The van der Waals surface area contributed by atoms with Gasteiger partial charge in [0.15, 0.2) is 0 Å². The normalized spacial score (nSPS) is 18.9. The molecule has 3 rings (SSSR count). The molecule has 1 aromatic rings. The minimum absolute atomic E-state index is 0.0210. The Kier molecular flexibility index (Phi) is 10.5. The fraction of sp³-hybridized carbons (Fsp3) is 0.696. The summed E-state index contributed by atoms with van der Waals surface area (Å²) in [7, 11) is -1.08. The fourth-order valence-corrected chi connectivity index (χ4v) is 6.85. The van der Waals surface area contributed by atoms with Crippen molar-refractivity contribution in [3.05, 3.63) is 22.2 Å². The maximum atomic E-state index is 12.9. The summed E-state index contributed by atoms with van der Waals surface area (Å²) in [5.74, 6) is 0.295. The maximum absolute atomic E-state index is 12.9. The number of carbonyl (C=O) groups excluding carboxylic acids is 1. The monoisotopic (exact) mass is 550 g/mol. The number of piperazine rings is 1. The van der Waals surface area contributed by atoms with Gasteiger partial charge in [-0.05, 0) is 32.5 Å². The van der Waals surface area contributed by atoms with Crippen molar-refractivity contribution in [3.8, 4) is 5.75 Å². The first-order chi connectivity index (χ1) is 16.7. The zero-order valence-electron chi connectivity index (χ0n) is 20.7. The molecule has 0 atom stereocenters. The van der Waals surface area contributed by atoms with Crippen molar-refractivity contribution in [2.45, 2.75) is 30.7 Å². The molecule has 0 aliphatic carbocycles. The molecule has 2 aliphatic rings. The van der Waals surface area contributed by atoms with E-state index in [1.165, 1.54) is 39.1 Å². The standard InChI is InChI=1S/C23H36Cl2N4O5S/c1-4-27-7-5-18(6-8-27)28-9-11-29(12-10-28)22(30)17-34-14-13-26(2)35(31,32)23-20(24)15-19(33-3)16-21(23)25/h15-16,18H,4-14,17H2,1-3H3. The lowest BCUT2D eigenvalue weighted by Gasteiger charge is -2.42. The molecule has 0 N–H and O–H groups in total. The number of methoxy groups -OCH3 is 1. The third kappa shape index (κ3) is 7.21. The van der Waals surface area contributed by atoms with E-state index < -0.39 is 10.0 Å². The van der Waals surface area contributed by atoms with Gasteiger partial charge in [0.25, 0.3) is 0 Å². The highest BCUT2D eigenvalue weighted by Gasteiger charge is 2.29. The molecule has 0 bridgehead atoms. The van der Waals surface area contributed by atoms with Crippen LogP contribution < -0.4 is 4.74 Å². The number of hydrogen-bond donors (Lipinski definition) is 0. The van der Waals surface area contributed by atoms with Crippen molar-refractivity contribution in [2.24, 2.45) is 0 Å². The summed E-state index contributed by atoms with van der Waals surface area (Å²) in [6, 6.07) is 3.41. The molecule has 2 aliphatic heterocycles. The average molecular weight is 552 g/mol. The number of piperidine rings is 1. The Balaban J connectivity index is 1.40. The Morgan fingerprint density at radius 1 is 1.09 bits per heavy atom. The van der Waals surface area contributed by atoms with Gasteiger partial charge < -0.3 is 19.3 Å². The molecule has 0 radical (unpaired) electrons. The first-order valence-corrected chi connectivity index (χ1v) is 14.2. The average Bonchev–Trinajstić information content (AvgIpc) is 2.85. The van der Waals surface area contributed by atoms with E-state index in [1.807, 2.05) is 4.90 Å². The predicted molar refractivity (Wildman–Crippen MR) is 137 cm³/mol. The van der Waals surface area contributed by atoms with Crippen molar-refractivity contribution in [2.75, 3.05) is 79.7 Å². The number of likely N-dealkylation sites (tertiary alicyclic amines) is 1. The summed E-state index contributed by atoms with van der Waals surface area (Å²) in [5.41, 5.74) is 0. The molecule has 2 fully saturated rings. The Morgan fingerprint density at radius 3 is 2.23 bits per heavy atom. The van der Waals surface area contributed by atoms with E-state index in [2.05, 4.69) is 16.7 Å². The SMILES string of the molecule is CCN1CCC(N2CCN(C(=O)COCCN(C)S(=O)(=O)c3c(Cl)cc(OC)cc3Cl)CC2)CC1. The first kappa shape index (κ1) is 28.4. The number of nitrogens with zero attached hydrogens (tertiary/aromatic N) is 4. The number of likely N-dealkylation sites (N-methyl/N-ethyl adjacent to an activating group) is 1. The first-order valence-electron chi connectivity index (χ1n) is 12.0.